The van der Waals surface area contributed by atoms with Gasteiger partial charge in [0.1, 0.15) is 11.8 Å². The highest BCUT2D eigenvalue weighted by Crippen LogP contribution is 2.30. The fourth-order valence-electron chi connectivity index (χ4n) is 4.53. The van der Waals surface area contributed by atoms with Gasteiger partial charge in [-0.1, -0.05) is 61.4 Å². The molecule has 8 nitrogen and oxygen atoms in total. The molecule has 8 heteroatoms. The average molecular weight is 500 g/mol. The minimum atomic E-state index is -0.688. The first kappa shape index (κ1) is 25.9. The molecule has 192 valence electrons. The van der Waals surface area contributed by atoms with Crippen LogP contribution in [0.15, 0.2) is 67.0 Å². The van der Waals surface area contributed by atoms with Gasteiger partial charge in [0.2, 0.25) is 5.91 Å². The van der Waals surface area contributed by atoms with E-state index < -0.39 is 11.9 Å². The van der Waals surface area contributed by atoms with Crippen molar-refractivity contribution in [3.05, 3.63) is 78.4 Å². The molecule has 0 bridgehead atoms. The number of imidazole rings is 1. The topological polar surface area (TPSA) is 120 Å². The molecule has 0 spiro atoms. The lowest BCUT2D eigenvalue weighted by atomic mass is 10.0. The molecule has 0 aliphatic carbocycles. The molecule has 0 aliphatic rings. The number of ketones is 1. The third-order valence-electron chi connectivity index (χ3n) is 6.41. The van der Waals surface area contributed by atoms with Crippen LogP contribution in [0, 0.1) is 0 Å². The molecule has 4 aromatic rings. The molecular weight excluding hydrogens is 466 g/mol. The Morgan fingerprint density at radius 3 is 2.51 bits per heavy atom. The third kappa shape index (κ3) is 6.94. The lowest BCUT2D eigenvalue weighted by Crippen LogP contribution is -2.47. The highest BCUT2D eigenvalue weighted by atomic mass is 16.2. The Kier molecular flexibility index (Phi) is 8.86. The highest BCUT2D eigenvalue weighted by molar-refractivity contribution is 5.95. The van der Waals surface area contributed by atoms with Crippen molar-refractivity contribution < 1.29 is 14.4 Å². The first-order valence-electron chi connectivity index (χ1n) is 12.8. The van der Waals surface area contributed by atoms with Crippen molar-refractivity contribution in [2.75, 3.05) is 6.54 Å². The first-order chi connectivity index (χ1) is 18.0. The van der Waals surface area contributed by atoms with E-state index in [0.29, 0.717) is 25.8 Å². The molecule has 37 heavy (non-hydrogen) atoms. The van der Waals surface area contributed by atoms with Crippen molar-refractivity contribution in [1.29, 1.82) is 0 Å². The molecule has 2 aromatic carbocycles. The maximum absolute atomic E-state index is 13.1. The highest BCUT2D eigenvalue weighted by Gasteiger charge is 2.22. The summed E-state index contributed by atoms with van der Waals surface area (Å²) in [6, 6.07) is 17.6. The third-order valence-corrected chi connectivity index (χ3v) is 6.41. The Morgan fingerprint density at radius 1 is 0.973 bits per heavy atom. The van der Waals surface area contributed by atoms with Crippen LogP contribution in [0.5, 0.6) is 0 Å². The number of carbonyl (C=O) groups is 3. The number of benzene rings is 2. The number of hydrogen-bond acceptors (Lipinski definition) is 4. The molecule has 2 amide bonds. The van der Waals surface area contributed by atoms with Crippen LogP contribution in [-0.2, 0) is 16.0 Å². The molecule has 4 N–H and O–H groups in total. The summed E-state index contributed by atoms with van der Waals surface area (Å²) in [6.45, 7) is 2.01. The van der Waals surface area contributed by atoms with E-state index in [2.05, 4.69) is 49.9 Å². The van der Waals surface area contributed by atoms with Crippen molar-refractivity contribution in [2.45, 2.75) is 51.5 Å². The van der Waals surface area contributed by atoms with Crippen LogP contribution in [-0.4, -0.2) is 45.1 Å². The molecule has 2 heterocycles. The fraction of sp³-hybridized carbons (Fsp3) is 0.310. The smallest absolute Gasteiger partial charge is 0.287 e. The summed E-state index contributed by atoms with van der Waals surface area (Å²) >= 11 is 0. The van der Waals surface area contributed by atoms with Gasteiger partial charge in [0, 0.05) is 42.0 Å². The molecule has 0 aliphatic heterocycles. The van der Waals surface area contributed by atoms with Crippen molar-refractivity contribution >= 4 is 28.5 Å². The largest absolute Gasteiger partial charge is 0.354 e. The molecule has 2 aromatic heterocycles. The number of nitrogens with one attached hydrogen (secondary N) is 4. The SMILES string of the molecule is CC(=O)CCCCC[C@H](NC(=O)c1ncc[nH]1)C(=O)NCCc1c(-c2ccccc2)[nH]c2ccccc12. The van der Waals surface area contributed by atoms with Crippen LogP contribution in [0.25, 0.3) is 22.2 Å². The number of H-pyrrole nitrogens is 2. The number of rotatable bonds is 13. The van der Waals surface area contributed by atoms with Crippen molar-refractivity contribution in [1.82, 2.24) is 25.6 Å². The first-order valence-corrected chi connectivity index (χ1v) is 12.8. The molecule has 0 unspecified atom stereocenters. The Labute approximate surface area is 216 Å². The molecule has 1 atom stereocenters. The van der Waals surface area contributed by atoms with Crippen molar-refractivity contribution in [3.8, 4) is 11.3 Å². The summed E-state index contributed by atoms with van der Waals surface area (Å²) in [5.41, 5.74) is 4.33. The zero-order valence-electron chi connectivity index (χ0n) is 21.0. The average Bonchev–Trinajstić information content (AvgIpc) is 3.57. The fourth-order valence-corrected chi connectivity index (χ4v) is 4.53. The van der Waals surface area contributed by atoms with Crippen molar-refractivity contribution in [3.63, 3.8) is 0 Å². The molecule has 0 saturated heterocycles. The van der Waals surface area contributed by atoms with E-state index >= 15 is 0 Å². The summed E-state index contributed by atoms with van der Waals surface area (Å²) < 4.78 is 0. The van der Waals surface area contributed by atoms with Crippen molar-refractivity contribution in [2.24, 2.45) is 0 Å². The number of aromatic nitrogens is 3. The zero-order chi connectivity index (χ0) is 26.0. The van der Waals surface area contributed by atoms with E-state index in [-0.39, 0.29) is 17.5 Å². The van der Waals surface area contributed by atoms with Gasteiger partial charge in [-0.3, -0.25) is 9.59 Å². The number of para-hydroxylation sites is 1. The predicted octanol–water partition coefficient (Wildman–Crippen LogP) is 4.55. The number of nitrogens with zero attached hydrogens (tertiary/aromatic N) is 1. The van der Waals surface area contributed by atoms with Crippen LogP contribution in [0.3, 0.4) is 0 Å². The van der Waals surface area contributed by atoms with Gasteiger partial charge in [0.25, 0.3) is 5.91 Å². The van der Waals surface area contributed by atoms with Gasteiger partial charge < -0.3 is 25.4 Å². The monoisotopic (exact) mass is 499 g/mol. The Hall–Kier alpha value is -4.20. The number of carbonyl (C=O) groups excluding carboxylic acids is 3. The predicted molar refractivity (Wildman–Crippen MR) is 144 cm³/mol. The van der Waals surface area contributed by atoms with Crippen LogP contribution in [0.2, 0.25) is 0 Å². The number of Topliss-reactive ketones (excluding diaryl/α,β-unsaturated/α-hetero) is 1. The summed E-state index contributed by atoms with van der Waals surface area (Å²) in [5, 5.41) is 6.96. The standard InChI is InChI=1S/C29H33N5O3/c1-20(35)10-4-2-7-15-25(34-29(37)27-30-18-19-31-27)28(36)32-17-16-23-22-13-8-9-14-24(22)33-26(23)21-11-5-3-6-12-21/h3,5-6,8-9,11-14,18-19,25,33H,2,4,7,10,15-17H2,1H3,(H,30,31)(H,32,36)(H,34,37)/t25-/m0/s1. The maximum atomic E-state index is 13.1. The van der Waals surface area contributed by atoms with E-state index in [4.69, 9.17) is 0 Å². The van der Waals surface area contributed by atoms with Gasteiger partial charge in [-0.25, -0.2) is 4.98 Å². The van der Waals surface area contributed by atoms with E-state index in [9.17, 15) is 14.4 Å². The second-order valence-corrected chi connectivity index (χ2v) is 9.20. The lowest BCUT2D eigenvalue weighted by Gasteiger charge is -2.18. The number of aromatic amines is 2. The van der Waals surface area contributed by atoms with E-state index in [1.54, 1.807) is 13.1 Å². The molecule has 4 rings (SSSR count). The summed E-state index contributed by atoms with van der Waals surface area (Å²) in [4.78, 5) is 47.2. The summed E-state index contributed by atoms with van der Waals surface area (Å²) in [5.74, 6) is -0.322. The number of fused-ring (bicyclic) bond motifs is 1. The minimum absolute atomic E-state index is 0.160. The Morgan fingerprint density at radius 2 is 1.76 bits per heavy atom. The van der Waals surface area contributed by atoms with Gasteiger partial charge >= 0.3 is 0 Å². The van der Waals surface area contributed by atoms with Crippen LogP contribution in [0.4, 0.5) is 0 Å². The number of hydrogen-bond donors (Lipinski definition) is 4. The van der Waals surface area contributed by atoms with Gasteiger partial charge in [-0.05, 0) is 43.4 Å². The van der Waals surface area contributed by atoms with Gasteiger partial charge in [0.15, 0.2) is 5.82 Å². The summed E-state index contributed by atoms with van der Waals surface area (Å²) in [6.07, 6.45) is 7.04. The van der Waals surface area contributed by atoms with Crippen LogP contribution < -0.4 is 10.6 Å². The molecule has 0 fully saturated rings. The normalized spacial score (nSPS) is 11.8. The maximum Gasteiger partial charge on any atom is 0.287 e. The Bertz CT molecular complexity index is 1330. The number of amides is 2. The van der Waals surface area contributed by atoms with E-state index in [1.807, 2.05) is 30.3 Å². The Balaban J connectivity index is 1.42. The molecular formula is C29H33N5O3. The van der Waals surface area contributed by atoms with E-state index in [1.165, 1.54) is 6.20 Å². The number of unbranched alkanes of at least 4 members (excludes halogenated alkanes) is 2. The van der Waals surface area contributed by atoms with Gasteiger partial charge in [-0.15, -0.1) is 0 Å². The van der Waals surface area contributed by atoms with Gasteiger partial charge in [-0.2, -0.15) is 0 Å². The second-order valence-electron chi connectivity index (χ2n) is 9.20. The molecule has 0 radical (unpaired) electrons. The zero-order valence-corrected chi connectivity index (χ0v) is 21.0. The quantitative estimate of drug-likeness (QED) is 0.202. The van der Waals surface area contributed by atoms with Crippen LogP contribution in [0.1, 0.15) is 55.2 Å². The second kappa shape index (κ2) is 12.7. The summed E-state index contributed by atoms with van der Waals surface area (Å²) in [7, 11) is 0. The molecule has 0 saturated carbocycles. The van der Waals surface area contributed by atoms with Gasteiger partial charge in [0.05, 0.1) is 0 Å². The lowest BCUT2D eigenvalue weighted by molar-refractivity contribution is -0.123. The van der Waals surface area contributed by atoms with Crippen LogP contribution >= 0.6 is 0 Å². The van der Waals surface area contributed by atoms with E-state index in [0.717, 1.165) is 47.0 Å². The minimum Gasteiger partial charge on any atom is -0.354 e.